The van der Waals surface area contributed by atoms with Gasteiger partial charge in [0.15, 0.2) is 5.82 Å². The first-order valence-electron chi connectivity index (χ1n) is 13.5. The zero-order chi connectivity index (χ0) is 28.7. The van der Waals surface area contributed by atoms with Gasteiger partial charge in [-0.15, -0.1) is 0 Å². The van der Waals surface area contributed by atoms with Crippen LogP contribution >= 0.6 is 0 Å². The fourth-order valence-corrected chi connectivity index (χ4v) is 4.45. The molecule has 1 fully saturated rings. The normalized spacial score (nSPS) is 14.9. The van der Waals surface area contributed by atoms with Gasteiger partial charge in [-0.3, -0.25) is 14.4 Å². The van der Waals surface area contributed by atoms with E-state index in [-0.39, 0.29) is 24.9 Å². The Morgan fingerprint density at radius 3 is 2.38 bits per heavy atom. The number of rotatable bonds is 11. The second-order valence-corrected chi connectivity index (χ2v) is 10.8. The zero-order valence-electron chi connectivity index (χ0n) is 23.3. The summed E-state index contributed by atoms with van der Waals surface area (Å²) in [5.74, 6) is -0.752. The average molecular weight is 547 g/mol. The summed E-state index contributed by atoms with van der Waals surface area (Å²) in [4.78, 5) is 45.6. The fraction of sp³-hybridized carbons (Fsp3) is 0.400. The van der Waals surface area contributed by atoms with Crippen LogP contribution in [-0.2, 0) is 25.7 Å². The lowest BCUT2D eigenvalue weighted by molar-refractivity contribution is -0.132. The Morgan fingerprint density at radius 1 is 1.05 bits per heavy atom. The Kier molecular flexibility index (Phi) is 9.34. The van der Waals surface area contributed by atoms with Gasteiger partial charge < -0.3 is 30.6 Å². The standard InChI is InChI=1S/C30H38N6O4/c1-21-11-13-23(14-12-21)26(28(38)35-15-7-8-16-35)36-17-25(32-20-36)34-27(37)24(33-29(39)30(2,3)31)19-40-18-22-9-5-4-6-10-22/h4-6,9-14,17,20,24,26H,7-8,15-16,18-19,31H2,1-3H3,(H,33,39)(H,34,37)/t24-,26?/m1/s1. The monoisotopic (exact) mass is 546 g/mol. The summed E-state index contributed by atoms with van der Waals surface area (Å²) in [6, 6.07) is 15.7. The van der Waals surface area contributed by atoms with E-state index >= 15 is 0 Å². The summed E-state index contributed by atoms with van der Waals surface area (Å²) in [5, 5.41) is 5.44. The number of anilines is 1. The number of imidazole rings is 1. The van der Waals surface area contributed by atoms with Crippen LogP contribution in [0.2, 0.25) is 0 Å². The number of ether oxygens (including phenoxy) is 1. The summed E-state index contributed by atoms with van der Waals surface area (Å²) in [6.07, 6.45) is 5.14. The van der Waals surface area contributed by atoms with Crippen molar-refractivity contribution in [1.29, 1.82) is 0 Å². The van der Waals surface area contributed by atoms with E-state index in [1.165, 1.54) is 6.33 Å². The molecular formula is C30H38N6O4. The first-order valence-corrected chi connectivity index (χ1v) is 13.5. The molecule has 3 aromatic rings. The van der Waals surface area contributed by atoms with Gasteiger partial charge in [0.25, 0.3) is 5.91 Å². The number of likely N-dealkylation sites (tertiary alicyclic amines) is 1. The van der Waals surface area contributed by atoms with Crippen LogP contribution in [0.5, 0.6) is 0 Å². The van der Waals surface area contributed by atoms with Gasteiger partial charge in [0, 0.05) is 19.3 Å². The Bertz CT molecular complexity index is 1290. The number of carbonyl (C=O) groups is 3. The van der Waals surface area contributed by atoms with Gasteiger partial charge in [0.1, 0.15) is 12.1 Å². The van der Waals surface area contributed by atoms with Crippen molar-refractivity contribution in [2.45, 2.75) is 57.8 Å². The highest BCUT2D eigenvalue weighted by atomic mass is 16.5. The van der Waals surface area contributed by atoms with Crippen molar-refractivity contribution < 1.29 is 19.1 Å². The number of nitrogens with one attached hydrogen (secondary N) is 2. The van der Waals surface area contributed by atoms with Crippen molar-refractivity contribution in [3.05, 3.63) is 83.8 Å². The topological polar surface area (TPSA) is 132 Å². The molecule has 0 aliphatic carbocycles. The summed E-state index contributed by atoms with van der Waals surface area (Å²) < 4.78 is 7.47. The maximum absolute atomic E-state index is 13.5. The number of aryl methyl sites for hydroxylation is 1. The van der Waals surface area contributed by atoms with Gasteiger partial charge in [-0.25, -0.2) is 4.98 Å². The number of nitrogens with two attached hydrogens (primary N) is 1. The number of carbonyl (C=O) groups excluding carboxylic acids is 3. The SMILES string of the molecule is Cc1ccc(C(C(=O)N2CCCC2)n2cnc(NC(=O)[C@@H](COCc3ccccc3)NC(=O)C(C)(C)N)c2)cc1. The van der Waals surface area contributed by atoms with Crippen LogP contribution in [-0.4, -0.2) is 63.4 Å². The Morgan fingerprint density at radius 2 is 1.73 bits per heavy atom. The molecule has 10 heteroatoms. The largest absolute Gasteiger partial charge is 0.374 e. The minimum Gasteiger partial charge on any atom is -0.374 e. The maximum atomic E-state index is 13.5. The minimum absolute atomic E-state index is 0.0127. The molecule has 3 amide bonds. The zero-order valence-corrected chi connectivity index (χ0v) is 23.3. The molecule has 2 atom stereocenters. The van der Waals surface area contributed by atoms with E-state index in [1.807, 2.05) is 66.4 Å². The lowest BCUT2D eigenvalue weighted by Crippen LogP contribution is -2.56. The summed E-state index contributed by atoms with van der Waals surface area (Å²) in [7, 11) is 0. The molecule has 2 aromatic carbocycles. The highest BCUT2D eigenvalue weighted by Crippen LogP contribution is 2.25. The van der Waals surface area contributed by atoms with Crippen LogP contribution in [0.15, 0.2) is 67.1 Å². The molecule has 10 nitrogen and oxygen atoms in total. The molecule has 4 rings (SSSR count). The quantitative estimate of drug-likeness (QED) is 0.339. The van der Waals surface area contributed by atoms with Crippen molar-refractivity contribution in [2.75, 3.05) is 25.0 Å². The van der Waals surface area contributed by atoms with Crippen LogP contribution in [0.4, 0.5) is 5.82 Å². The predicted molar refractivity (Wildman–Crippen MR) is 152 cm³/mol. The third-order valence-electron chi connectivity index (χ3n) is 6.80. The molecule has 1 unspecified atom stereocenters. The van der Waals surface area contributed by atoms with Crippen molar-refractivity contribution in [3.8, 4) is 0 Å². The maximum Gasteiger partial charge on any atom is 0.250 e. The van der Waals surface area contributed by atoms with Gasteiger partial charge in [0.05, 0.1) is 25.1 Å². The second-order valence-electron chi connectivity index (χ2n) is 10.8. The third-order valence-corrected chi connectivity index (χ3v) is 6.80. The van der Waals surface area contributed by atoms with Crippen LogP contribution in [0.3, 0.4) is 0 Å². The molecule has 40 heavy (non-hydrogen) atoms. The smallest absolute Gasteiger partial charge is 0.250 e. The van der Waals surface area contributed by atoms with Gasteiger partial charge in [-0.05, 0) is 44.7 Å². The van der Waals surface area contributed by atoms with Gasteiger partial charge in [-0.1, -0.05) is 60.2 Å². The van der Waals surface area contributed by atoms with Crippen LogP contribution in [0, 0.1) is 6.92 Å². The number of hydrogen-bond acceptors (Lipinski definition) is 6. The van der Waals surface area contributed by atoms with Crippen LogP contribution in [0.25, 0.3) is 0 Å². The number of amides is 3. The molecule has 0 radical (unpaired) electrons. The molecule has 2 heterocycles. The van der Waals surface area contributed by atoms with Crippen molar-refractivity contribution >= 4 is 23.5 Å². The van der Waals surface area contributed by atoms with E-state index in [4.69, 9.17) is 10.5 Å². The Balaban J connectivity index is 1.50. The molecule has 1 aliphatic heterocycles. The van der Waals surface area contributed by atoms with Crippen molar-refractivity contribution in [2.24, 2.45) is 5.73 Å². The van der Waals surface area contributed by atoms with Crippen molar-refractivity contribution in [1.82, 2.24) is 19.8 Å². The first kappa shape index (κ1) is 29.0. The van der Waals surface area contributed by atoms with E-state index in [0.717, 1.165) is 42.6 Å². The van der Waals surface area contributed by atoms with E-state index in [1.54, 1.807) is 24.6 Å². The van der Waals surface area contributed by atoms with E-state index < -0.39 is 29.4 Å². The molecule has 0 saturated carbocycles. The molecule has 4 N–H and O–H groups in total. The van der Waals surface area contributed by atoms with E-state index in [9.17, 15) is 14.4 Å². The average Bonchev–Trinajstić information content (AvgIpc) is 3.62. The molecule has 1 aromatic heterocycles. The van der Waals surface area contributed by atoms with Crippen LogP contribution < -0.4 is 16.4 Å². The first-order chi connectivity index (χ1) is 19.1. The molecule has 1 saturated heterocycles. The Labute approximate surface area is 234 Å². The summed E-state index contributed by atoms with van der Waals surface area (Å²) in [5.41, 5.74) is 7.63. The lowest BCUT2D eigenvalue weighted by Gasteiger charge is -2.24. The lowest BCUT2D eigenvalue weighted by atomic mass is 10.0. The summed E-state index contributed by atoms with van der Waals surface area (Å²) >= 11 is 0. The number of nitrogens with zero attached hydrogens (tertiary/aromatic N) is 3. The number of benzene rings is 2. The van der Waals surface area contributed by atoms with Gasteiger partial charge in [0.2, 0.25) is 11.8 Å². The van der Waals surface area contributed by atoms with E-state index in [0.29, 0.717) is 0 Å². The van der Waals surface area contributed by atoms with Gasteiger partial charge in [-0.2, -0.15) is 0 Å². The van der Waals surface area contributed by atoms with Crippen LogP contribution in [0.1, 0.15) is 49.4 Å². The predicted octanol–water partition coefficient (Wildman–Crippen LogP) is 2.78. The minimum atomic E-state index is -1.18. The number of aromatic nitrogens is 2. The van der Waals surface area contributed by atoms with Crippen molar-refractivity contribution in [3.63, 3.8) is 0 Å². The molecule has 0 spiro atoms. The molecule has 212 valence electrons. The van der Waals surface area contributed by atoms with E-state index in [2.05, 4.69) is 15.6 Å². The summed E-state index contributed by atoms with van der Waals surface area (Å²) in [6.45, 7) is 6.78. The molecular weight excluding hydrogens is 508 g/mol. The highest BCUT2D eigenvalue weighted by molar-refractivity contribution is 5.98. The Hall–Kier alpha value is -4.02. The second kappa shape index (κ2) is 12.9. The molecule has 0 bridgehead atoms. The molecule has 1 aliphatic rings. The highest BCUT2D eigenvalue weighted by Gasteiger charge is 2.31. The third kappa shape index (κ3) is 7.55. The van der Waals surface area contributed by atoms with Gasteiger partial charge >= 0.3 is 0 Å². The fourth-order valence-electron chi connectivity index (χ4n) is 4.45. The number of hydrogen-bond donors (Lipinski definition) is 3.